The molecule has 2 rings (SSSR count). The van der Waals surface area contributed by atoms with Crippen LogP contribution in [0.1, 0.15) is 13.3 Å². The number of nitrogens with zero attached hydrogens (tertiary/aromatic N) is 2. The molecule has 0 spiro atoms. The highest BCUT2D eigenvalue weighted by Crippen LogP contribution is 2.21. The lowest BCUT2D eigenvalue weighted by Gasteiger charge is -2.27. The highest BCUT2D eigenvalue weighted by molar-refractivity contribution is 5.01. The molecule has 98 valence electrons. The minimum absolute atomic E-state index is 0.260. The molecule has 4 nitrogen and oxygen atoms in total. The van der Waals surface area contributed by atoms with Crippen molar-refractivity contribution in [3.05, 3.63) is 12.4 Å². The molecule has 2 heterocycles. The minimum Gasteiger partial charge on any atom is -0.396 e. The summed E-state index contributed by atoms with van der Waals surface area (Å²) >= 11 is 0. The van der Waals surface area contributed by atoms with Crippen LogP contribution in [0.3, 0.4) is 0 Å². The monoisotopic (exact) mass is 239 g/mol. The highest BCUT2D eigenvalue weighted by Gasteiger charge is 2.27. The molecule has 0 bridgehead atoms. The van der Waals surface area contributed by atoms with E-state index in [-0.39, 0.29) is 6.61 Å². The zero-order valence-corrected chi connectivity index (χ0v) is 10.9. The molecule has 2 N–H and O–H groups in total. The van der Waals surface area contributed by atoms with E-state index in [1.165, 1.54) is 6.42 Å². The molecule has 2 aliphatic heterocycles. The summed E-state index contributed by atoms with van der Waals surface area (Å²) in [4.78, 5) is 4.71. The van der Waals surface area contributed by atoms with Gasteiger partial charge in [-0.25, -0.2) is 0 Å². The molecule has 2 saturated heterocycles. The fraction of sp³-hybridized carbons (Fsp3) is 0.846. The molecule has 0 amide bonds. The molecule has 0 aromatic carbocycles. The third kappa shape index (κ3) is 3.13. The summed E-state index contributed by atoms with van der Waals surface area (Å²) in [7, 11) is 0. The van der Waals surface area contributed by atoms with Crippen LogP contribution in [0.25, 0.3) is 0 Å². The smallest absolute Gasteiger partial charge is 0.0966 e. The minimum atomic E-state index is 0.260. The predicted molar refractivity (Wildman–Crippen MR) is 69.5 cm³/mol. The van der Waals surface area contributed by atoms with Crippen LogP contribution in [-0.2, 0) is 0 Å². The van der Waals surface area contributed by atoms with Crippen LogP contribution in [-0.4, -0.2) is 60.8 Å². The van der Waals surface area contributed by atoms with Crippen LogP contribution in [0.4, 0.5) is 0 Å². The van der Waals surface area contributed by atoms with E-state index in [4.69, 9.17) is 5.11 Å². The molecule has 2 unspecified atom stereocenters. The van der Waals surface area contributed by atoms with E-state index in [0.29, 0.717) is 5.92 Å². The van der Waals surface area contributed by atoms with Gasteiger partial charge in [0.1, 0.15) is 0 Å². The average Bonchev–Trinajstić information content (AvgIpc) is 2.94. The van der Waals surface area contributed by atoms with Crippen molar-refractivity contribution >= 4 is 0 Å². The van der Waals surface area contributed by atoms with E-state index in [0.717, 1.165) is 51.0 Å². The van der Waals surface area contributed by atoms with Gasteiger partial charge in [-0.05, 0) is 31.3 Å². The Hall–Kier alpha value is -0.740. The van der Waals surface area contributed by atoms with Gasteiger partial charge in [-0.1, -0.05) is 13.5 Å². The summed E-state index contributed by atoms with van der Waals surface area (Å²) in [6.45, 7) is 13.1. The Kier molecular flexibility index (Phi) is 4.29. The Morgan fingerprint density at radius 3 is 2.88 bits per heavy atom. The van der Waals surface area contributed by atoms with Crippen molar-refractivity contribution in [2.75, 3.05) is 45.9 Å². The van der Waals surface area contributed by atoms with Gasteiger partial charge < -0.3 is 20.2 Å². The number of nitrogens with one attached hydrogen (secondary N) is 1. The van der Waals surface area contributed by atoms with Gasteiger partial charge >= 0.3 is 0 Å². The largest absolute Gasteiger partial charge is 0.396 e. The van der Waals surface area contributed by atoms with Gasteiger partial charge in [0.05, 0.1) is 5.82 Å². The molecule has 0 radical (unpaired) electrons. The van der Waals surface area contributed by atoms with Crippen LogP contribution in [0.15, 0.2) is 12.4 Å². The Labute approximate surface area is 104 Å². The molecule has 17 heavy (non-hydrogen) atoms. The van der Waals surface area contributed by atoms with Gasteiger partial charge in [-0.2, -0.15) is 0 Å². The van der Waals surface area contributed by atoms with Crippen molar-refractivity contribution in [1.29, 1.82) is 0 Å². The van der Waals surface area contributed by atoms with Crippen molar-refractivity contribution in [3.63, 3.8) is 0 Å². The summed E-state index contributed by atoms with van der Waals surface area (Å²) in [5.74, 6) is 2.26. The number of hydrogen-bond donors (Lipinski definition) is 2. The Bertz CT molecular complexity index is 263. The quantitative estimate of drug-likeness (QED) is 0.724. The van der Waals surface area contributed by atoms with Crippen LogP contribution in [0.5, 0.6) is 0 Å². The Morgan fingerprint density at radius 2 is 2.24 bits per heavy atom. The van der Waals surface area contributed by atoms with E-state index in [2.05, 4.69) is 28.6 Å². The van der Waals surface area contributed by atoms with Gasteiger partial charge in [0.15, 0.2) is 0 Å². The van der Waals surface area contributed by atoms with Gasteiger partial charge in [0.25, 0.3) is 0 Å². The Morgan fingerprint density at radius 1 is 1.47 bits per heavy atom. The highest BCUT2D eigenvalue weighted by atomic mass is 16.3. The number of rotatable bonds is 5. The maximum atomic E-state index is 9.10. The lowest BCUT2D eigenvalue weighted by Crippen LogP contribution is -2.30. The number of hydrogen-bond acceptors (Lipinski definition) is 4. The summed E-state index contributed by atoms with van der Waals surface area (Å²) in [5.41, 5.74) is 0. The van der Waals surface area contributed by atoms with Crippen molar-refractivity contribution in [2.45, 2.75) is 13.3 Å². The Balaban J connectivity index is 1.80. The molecule has 2 aliphatic rings. The zero-order chi connectivity index (χ0) is 12.3. The molecule has 0 aromatic heterocycles. The number of aliphatic hydroxyl groups is 1. The molecule has 0 aliphatic carbocycles. The first-order valence-corrected chi connectivity index (χ1v) is 6.71. The van der Waals surface area contributed by atoms with Gasteiger partial charge in [0.2, 0.25) is 0 Å². The van der Waals surface area contributed by atoms with Crippen molar-refractivity contribution < 1.29 is 5.11 Å². The first kappa shape index (κ1) is 12.7. The topological polar surface area (TPSA) is 38.7 Å². The number of aliphatic hydroxyl groups excluding tert-OH is 1. The van der Waals surface area contributed by atoms with Gasteiger partial charge in [-0.15, -0.1) is 0 Å². The van der Waals surface area contributed by atoms with Crippen molar-refractivity contribution in [3.8, 4) is 0 Å². The third-order valence-corrected chi connectivity index (χ3v) is 3.85. The normalized spacial score (nSPS) is 26.9. The molecule has 4 heteroatoms. The standard InChI is InChI=1S/C13H25N3O/c1-11(10-17)8-15-5-6-16(12(15)2)9-13-3-4-14-7-13/h11,13-14,17H,2-10H2,1H3. The maximum Gasteiger partial charge on any atom is 0.0966 e. The second-order valence-corrected chi connectivity index (χ2v) is 5.45. The van der Waals surface area contributed by atoms with E-state index in [1.54, 1.807) is 0 Å². The van der Waals surface area contributed by atoms with E-state index < -0.39 is 0 Å². The predicted octanol–water partition coefficient (Wildman–Crippen LogP) is 0.313. The van der Waals surface area contributed by atoms with Crippen LogP contribution >= 0.6 is 0 Å². The van der Waals surface area contributed by atoms with Gasteiger partial charge in [0, 0.05) is 32.8 Å². The van der Waals surface area contributed by atoms with E-state index in [1.807, 2.05) is 0 Å². The van der Waals surface area contributed by atoms with Crippen molar-refractivity contribution in [1.82, 2.24) is 15.1 Å². The fourth-order valence-corrected chi connectivity index (χ4v) is 2.71. The molecule has 2 fully saturated rings. The SMILES string of the molecule is C=C1N(CC(C)CO)CCN1CC1CCNC1. The maximum absolute atomic E-state index is 9.10. The van der Waals surface area contributed by atoms with Crippen LogP contribution in [0, 0.1) is 11.8 Å². The second kappa shape index (κ2) is 5.74. The molecule has 2 atom stereocenters. The first-order valence-electron chi connectivity index (χ1n) is 6.71. The zero-order valence-electron chi connectivity index (χ0n) is 10.9. The van der Waals surface area contributed by atoms with E-state index >= 15 is 0 Å². The lowest BCUT2D eigenvalue weighted by atomic mass is 10.1. The lowest BCUT2D eigenvalue weighted by molar-refractivity contribution is 0.198. The first-order chi connectivity index (χ1) is 8.20. The third-order valence-electron chi connectivity index (χ3n) is 3.85. The molecular formula is C13H25N3O. The van der Waals surface area contributed by atoms with Crippen LogP contribution in [0.2, 0.25) is 0 Å². The summed E-state index contributed by atoms with van der Waals surface area (Å²) in [6.07, 6.45) is 1.29. The summed E-state index contributed by atoms with van der Waals surface area (Å²) in [6, 6.07) is 0. The molecule has 0 saturated carbocycles. The van der Waals surface area contributed by atoms with Crippen LogP contribution < -0.4 is 5.32 Å². The molecule has 0 aromatic rings. The fourth-order valence-electron chi connectivity index (χ4n) is 2.71. The molecular weight excluding hydrogens is 214 g/mol. The van der Waals surface area contributed by atoms with Crippen molar-refractivity contribution in [2.24, 2.45) is 11.8 Å². The second-order valence-electron chi connectivity index (χ2n) is 5.45. The summed E-state index contributed by atoms with van der Waals surface area (Å²) < 4.78 is 0. The summed E-state index contributed by atoms with van der Waals surface area (Å²) in [5, 5.41) is 12.5. The van der Waals surface area contributed by atoms with E-state index in [9.17, 15) is 0 Å². The average molecular weight is 239 g/mol. The van der Waals surface area contributed by atoms with Gasteiger partial charge in [-0.3, -0.25) is 0 Å².